The first-order valence-corrected chi connectivity index (χ1v) is 7.61. The number of anilines is 1. The van der Waals surface area contributed by atoms with Gasteiger partial charge >= 0.3 is 0 Å². The molecule has 110 valence electrons. The van der Waals surface area contributed by atoms with E-state index >= 15 is 0 Å². The summed E-state index contributed by atoms with van der Waals surface area (Å²) in [6.07, 6.45) is 0. The second kappa shape index (κ2) is 6.12. The maximum absolute atomic E-state index is 5.86. The van der Waals surface area contributed by atoms with Gasteiger partial charge in [-0.3, -0.25) is 9.80 Å². The van der Waals surface area contributed by atoms with E-state index in [9.17, 15) is 0 Å². The number of benzene rings is 1. The summed E-state index contributed by atoms with van der Waals surface area (Å²) >= 11 is 0. The third-order valence-corrected chi connectivity index (χ3v) is 4.52. The molecule has 2 aliphatic heterocycles. The fourth-order valence-electron chi connectivity index (χ4n) is 3.51. The van der Waals surface area contributed by atoms with Crippen LogP contribution in [0.3, 0.4) is 0 Å². The molecule has 2 saturated heterocycles. The van der Waals surface area contributed by atoms with E-state index in [1.165, 1.54) is 12.1 Å². The molecule has 2 fully saturated rings. The van der Waals surface area contributed by atoms with Gasteiger partial charge in [-0.05, 0) is 23.6 Å². The van der Waals surface area contributed by atoms with Gasteiger partial charge in [0, 0.05) is 44.5 Å². The highest BCUT2D eigenvalue weighted by Crippen LogP contribution is 2.24. The lowest BCUT2D eigenvalue weighted by Gasteiger charge is -2.34. The highest BCUT2D eigenvalue weighted by atomic mass is 16.5. The number of hydrogen-bond donors (Lipinski definition) is 1. The van der Waals surface area contributed by atoms with Crippen molar-refractivity contribution in [3.8, 4) is 0 Å². The standard InChI is InChI=1S/C16H25N3O/c1-13-10-18(11-14-3-2-4-15(17)9-14)12-16(13)19-5-7-20-8-6-19/h2-4,9,13,16H,5-8,10-12,17H2,1H3. The first-order valence-electron chi connectivity index (χ1n) is 7.61. The van der Waals surface area contributed by atoms with E-state index in [-0.39, 0.29) is 0 Å². The second-order valence-electron chi connectivity index (χ2n) is 6.13. The van der Waals surface area contributed by atoms with E-state index in [1.54, 1.807) is 0 Å². The molecule has 1 aromatic carbocycles. The normalized spacial score (nSPS) is 28.9. The molecule has 2 atom stereocenters. The molecule has 0 aromatic heterocycles. The Morgan fingerprint density at radius 1 is 1.25 bits per heavy atom. The number of morpholine rings is 1. The van der Waals surface area contributed by atoms with E-state index < -0.39 is 0 Å². The van der Waals surface area contributed by atoms with Crippen LogP contribution in [0.4, 0.5) is 5.69 Å². The van der Waals surface area contributed by atoms with Gasteiger partial charge < -0.3 is 10.5 Å². The summed E-state index contributed by atoms with van der Waals surface area (Å²) in [6, 6.07) is 8.94. The van der Waals surface area contributed by atoms with Crippen LogP contribution in [0.1, 0.15) is 12.5 Å². The molecule has 0 bridgehead atoms. The zero-order chi connectivity index (χ0) is 13.9. The molecule has 0 amide bonds. The predicted molar refractivity (Wildman–Crippen MR) is 81.5 cm³/mol. The molecule has 4 heteroatoms. The van der Waals surface area contributed by atoms with Crippen LogP contribution in [-0.2, 0) is 11.3 Å². The van der Waals surface area contributed by atoms with Gasteiger partial charge in [-0.25, -0.2) is 0 Å². The summed E-state index contributed by atoms with van der Waals surface area (Å²) in [7, 11) is 0. The Labute approximate surface area is 121 Å². The smallest absolute Gasteiger partial charge is 0.0594 e. The molecule has 0 spiro atoms. The zero-order valence-electron chi connectivity index (χ0n) is 12.3. The molecule has 2 N–H and O–H groups in total. The van der Waals surface area contributed by atoms with Gasteiger partial charge in [0.05, 0.1) is 13.2 Å². The number of likely N-dealkylation sites (tertiary alicyclic amines) is 1. The van der Waals surface area contributed by atoms with Crippen molar-refractivity contribution in [1.29, 1.82) is 0 Å². The third-order valence-electron chi connectivity index (χ3n) is 4.52. The lowest BCUT2D eigenvalue weighted by atomic mass is 10.0. The highest BCUT2D eigenvalue weighted by molar-refractivity contribution is 5.40. The van der Waals surface area contributed by atoms with Crippen molar-refractivity contribution in [2.24, 2.45) is 5.92 Å². The summed E-state index contributed by atoms with van der Waals surface area (Å²) in [5, 5.41) is 0. The Morgan fingerprint density at radius 2 is 2.05 bits per heavy atom. The summed E-state index contributed by atoms with van der Waals surface area (Å²) < 4.78 is 5.46. The van der Waals surface area contributed by atoms with Gasteiger partial charge in [0.1, 0.15) is 0 Å². The molecule has 20 heavy (non-hydrogen) atoms. The largest absolute Gasteiger partial charge is 0.399 e. The summed E-state index contributed by atoms with van der Waals surface area (Å²) in [5.41, 5.74) is 8.04. The quantitative estimate of drug-likeness (QED) is 0.847. The Morgan fingerprint density at radius 3 is 2.80 bits per heavy atom. The maximum Gasteiger partial charge on any atom is 0.0594 e. The molecule has 4 nitrogen and oxygen atoms in total. The topological polar surface area (TPSA) is 41.7 Å². The number of nitrogens with zero attached hydrogens (tertiary/aromatic N) is 2. The minimum absolute atomic E-state index is 0.681. The average molecular weight is 275 g/mol. The molecule has 0 aliphatic carbocycles. The van der Waals surface area contributed by atoms with Gasteiger partial charge in [0.2, 0.25) is 0 Å². The Hall–Kier alpha value is -1.10. The van der Waals surface area contributed by atoms with Crippen LogP contribution in [0, 0.1) is 5.92 Å². The molecule has 1 aromatic rings. The van der Waals surface area contributed by atoms with E-state index in [0.717, 1.165) is 51.0 Å². The van der Waals surface area contributed by atoms with E-state index in [1.807, 2.05) is 12.1 Å². The Bertz CT molecular complexity index is 445. The fourth-order valence-corrected chi connectivity index (χ4v) is 3.51. The molecule has 0 saturated carbocycles. The average Bonchev–Trinajstić information content (AvgIpc) is 2.80. The van der Waals surface area contributed by atoms with Crippen molar-refractivity contribution in [2.75, 3.05) is 45.1 Å². The molecule has 2 unspecified atom stereocenters. The van der Waals surface area contributed by atoms with E-state index in [2.05, 4.69) is 28.9 Å². The highest BCUT2D eigenvalue weighted by Gasteiger charge is 2.34. The van der Waals surface area contributed by atoms with Crippen LogP contribution in [0.5, 0.6) is 0 Å². The molecule has 2 aliphatic rings. The number of nitrogen functional groups attached to an aromatic ring is 1. The molecule has 0 radical (unpaired) electrons. The number of rotatable bonds is 3. The van der Waals surface area contributed by atoms with Gasteiger partial charge in [-0.2, -0.15) is 0 Å². The van der Waals surface area contributed by atoms with Crippen molar-refractivity contribution in [2.45, 2.75) is 19.5 Å². The summed E-state index contributed by atoms with van der Waals surface area (Å²) in [4.78, 5) is 5.16. The first-order chi connectivity index (χ1) is 9.72. The minimum atomic E-state index is 0.681. The maximum atomic E-state index is 5.86. The van der Waals surface area contributed by atoms with Crippen LogP contribution >= 0.6 is 0 Å². The Kier molecular flexibility index (Phi) is 4.24. The van der Waals surface area contributed by atoms with Crippen LogP contribution in [0.2, 0.25) is 0 Å². The summed E-state index contributed by atoms with van der Waals surface area (Å²) in [5.74, 6) is 0.731. The Balaban J connectivity index is 1.60. The van der Waals surface area contributed by atoms with Crippen molar-refractivity contribution < 1.29 is 4.74 Å². The molecular formula is C16H25N3O. The van der Waals surface area contributed by atoms with Gasteiger partial charge in [0.25, 0.3) is 0 Å². The third kappa shape index (κ3) is 3.14. The molecule has 3 rings (SSSR count). The number of ether oxygens (including phenoxy) is 1. The fraction of sp³-hybridized carbons (Fsp3) is 0.625. The van der Waals surface area contributed by atoms with Crippen molar-refractivity contribution in [1.82, 2.24) is 9.80 Å². The van der Waals surface area contributed by atoms with Crippen LogP contribution in [0.25, 0.3) is 0 Å². The van der Waals surface area contributed by atoms with Gasteiger partial charge in [-0.15, -0.1) is 0 Å². The summed E-state index contributed by atoms with van der Waals surface area (Å²) in [6.45, 7) is 9.67. The van der Waals surface area contributed by atoms with Gasteiger partial charge in [0.15, 0.2) is 0 Å². The number of nitrogens with two attached hydrogens (primary N) is 1. The monoisotopic (exact) mass is 275 g/mol. The molecule has 2 heterocycles. The SMILES string of the molecule is CC1CN(Cc2cccc(N)c2)CC1N1CCOCC1. The predicted octanol–water partition coefficient (Wildman–Crippen LogP) is 1.42. The van der Waals surface area contributed by atoms with Crippen LogP contribution < -0.4 is 5.73 Å². The van der Waals surface area contributed by atoms with Crippen molar-refractivity contribution in [3.63, 3.8) is 0 Å². The molecular weight excluding hydrogens is 250 g/mol. The van der Waals surface area contributed by atoms with E-state index in [0.29, 0.717) is 6.04 Å². The van der Waals surface area contributed by atoms with Crippen LogP contribution in [-0.4, -0.2) is 55.2 Å². The second-order valence-corrected chi connectivity index (χ2v) is 6.13. The minimum Gasteiger partial charge on any atom is -0.399 e. The first kappa shape index (κ1) is 13.9. The lowest BCUT2D eigenvalue weighted by Crippen LogP contribution is -2.46. The van der Waals surface area contributed by atoms with E-state index in [4.69, 9.17) is 10.5 Å². The van der Waals surface area contributed by atoms with Crippen molar-refractivity contribution in [3.05, 3.63) is 29.8 Å². The van der Waals surface area contributed by atoms with Crippen LogP contribution in [0.15, 0.2) is 24.3 Å². The zero-order valence-corrected chi connectivity index (χ0v) is 12.3. The van der Waals surface area contributed by atoms with Crippen molar-refractivity contribution >= 4 is 5.69 Å². The lowest BCUT2D eigenvalue weighted by molar-refractivity contribution is 0.0118. The van der Waals surface area contributed by atoms with Gasteiger partial charge in [-0.1, -0.05) is 19.1 Å². The number of hydrogen-bond acceptors (Lipinski definition) is 4.